The standard InChI is InChI=1S/C16H22N2O2/c1-10(2)17-14(19)9-18-13-7-6-11(3)8-12(13)16(4,5)15(18)20/h6-8,10H,9H2,1-5H3,(H,17,19). The van der Waals surface area contributed by atoms with Gasteiger partial charge in [-0.1, -0.05) is 17.7 Å². The molecule has 0 fully saturated rings. The second kappa shape index (κ2) is 4.93. The van der Waals surface area contributed by atoms with Gasteiger partial charge in [-0.15, -0.1) is 0 Å². The Kier molecular flexibility index (Phi) is 3.59. The maximum atomic E-state index is 12.6. The molecule has 0 aliphatic carbocycles. The quantitative estimate of drug-likeness (QED) is 0.918. The Hall–Kier alpha value is -1.84. The Morgan fingerprint density at radius 3 is 2.60 bits per heavy atom. The molecule has 1 aromatic carbocycles. The Morgan fingerprint density at radius 1 is 1.35 bits per heavy atom. The maximum absolute atomic E-state index is 12.6. The van der Waals surface area contributed by atoms with Gasteiger partial charge in [-0.3, -0.25) is 9.59 Å². The molecule has 1 heterocycles. The van der Waals surface area contributed by atoms with Gasteiger partial charge >= 0.3 is 0 Å². The van der Waals surface area contributed by atoms with Crippen LogP contribution in [0.3, 0.4) is 0 Å². The van der Waals surface area contributed by atoms with Crippen LogP contribution in [0.25, 0.3) is 0 Å². The van der Waals surface area contributed by atoms with E-state index in [1.807, 2.05) is 52.8 Å². The number of carbonyl (C=O) groups is 2. The number of rotatable bonds is 3. The molecule has 2 rings (SSSR count). The fourth-order valence-corrected chi connectivity index (χ4v) is 2.62. The van der Waals surface area contributed by atoms with Crippen molar-refractivity contribution >= 4 is 17.5 Å². The van der Waals surface area contributed by atoms with E-state index in [1.165, 1.54) is 0 Å². The zero-order chi connectivity index (χ0) is 15.1. The van der Waals surface area contributed by atoms with Crippen LogP contribution in [0.1, 0.15) is 38.8 Å². The fourth-order valence-electron chi connectivity index (χ4n) is 2.62. The fraction of sp³-hybridized carbons (Fsp3) is 0.500. The molecular weight excluding hydrogens is 252 g/mol. The number of nitrogens with one attached hydrogen (secondary N) is 1. The van der Waals surface area contributed by atoms with Crippen LogP contribution in [-0.4, -0.2) is 24.4 Å². The first-order chi connectivity index (χ1) is 9.23. The first kappa shape index (κ1) is 14.6. The molecule has 1 N–H and O–H groups in total. The van der Waals surface area contributed by atoms with Gasteiger partial charge in [0.25, 0.3) is 0 Å². The number of anilines is 1. The summed E-state index contributed by atoms with van der Waals surface area (Å²) in [5, 5.41) is 2.83. The highest BCUT2D eigenvalue weighted by Crippen LogP contribution is 2.41. The molecule has 2 amide bonds. The molecule has 0 atom stereocenters. The van der Waals surface area contributed by atoms with Gasteiger partial charge in [0.1, 0.15) is 6.54 Å². The van der Waals surface area contributed by atoms with E-state index in [-0.39, 0.29) is 24.4 Å². The molecule has 1 aromatic rings. The number of aryl methyl sites for hydroxylation is 1. The van der Waals surface area contributed by atoms with Crippen molar-refractivity contribution < 1.29 is 9.59 Å². The lowest BCUT2D eigenvalue weighted by Crippen LogP contribution is -2.44. The monoisotopic (exact) mass is 274 g/mol. The lowest BCUT2D eigenvalue weighted by molar-refractivity contribution is -0.125. The summed E-state index contributed by atoms with van der Waals surface area (Å²) in [6, 6.07) is 6.01. The number of hydrogen-bond donors (Lipinski definition) is 1. The summed E-state index contributed by atoms with van der Waals surface area (Å²) in [5.41, 5.74) is 2.40. The number of nitrogens with zero attached hydrogens (tertiary/aromatic N) is 1. The van der Waals surface area contributed by atoms with Crippen molar-refractivity contribution in [2.45, 2.75) is 46.1 Å². The van der Waals surface area contributed by atoms with E-state index in [1.54, 1.807) is 4.90 Å². The summed E-state index contributed by atoms with van der Waals surface area (Å²) in [5.74, 6) is -0.144. The second-order valence-electron chi connectivity index (χ2n) is 6.26. The van der Waals surface area contributed by atoms with Crippen molar-refractivity contribution in [1.82, 2.24) is 5.32 Å². The smallest absolute Gasteiger partial charge is 0.240 e. The lowest BCUT2D eigenvalue weighted by atomic mass is 9.85. The van der Waals surface area contributed by atoms with Crippen LogP contribution in [0.15, 0.2) is 18.2 Å². The summed E-state index contributed by atoms with van der Waals surface area (Å²) >= 11 is 0. The van der Waals surface area contributed by atoms with Gasteiger partial charge in [0.15, 0.2) is 0 Å². The van der Waals surface area contributed by atoms with E-state index >= 15 is 0 Å². The van der Waals surface area contributed by atoms with Crippen LogP contribution in [0, 0.1) is 6.92 Å². The molecule has 0 aromatic heterocycles. The van der Waals surface area contributed by atoms with Crippen LogP contribution in [-0.2, 0) is 15.0 Å². The van der Waals surface area contributed by atoms with E-state index in [9.17, 15) is 9.59 Å². The Morgan fingerprint density at radius 2 is 2.00 bits per heavy atom. The molecule has 0 radical (unpaired) electrons. The number of hydrogen-bond acceptors (Lipinski definition) is 2. The highest BCUT2D eigenvalue weighted by molar-refractivity contribution is 6.10. The average Bonchev–Trinajstić information content (AvgIpc) is 2.50. The van der Waals surface area contributed by atoms with Gasteiger partial charge in [-0.2, -0.15) is 0 Å². The first-order valence-electron chi connectivity index (χ1n) is 6.96. The average molecular weight is 274 g/mol. The van der Waals surface area contributed by atoms with E-state index in [2.05, 4.69) is 5.32 Å². The van der Waals surface area contributed by atoms with Gasteiger partial charge < -0.3 is 10.2 Å². The summed E-state index contributed by atoms with van der Waals surface area (Å²) in [6.07, 6.45) is 0. The molecule has 20 heavy (non-hydrogen) atoms. The molecule has 0 unspecified atom stereocenters. The Bertz CT molecular complexity index is 562. The van der Waals surface area contributed by atoms with E-state index in [0.717, 1.165) is 16.8 Å². The highest BCUT2D eigenvalue weighted by Gasteiger charge is 2.44. The maximum Gasteiger partial charge on any atom is 0.240 e. The third kappa shape index (κ3) is 2.42. The molecule has 0 bridgehead atoms. The number of benzene rings is 1. The van der Waals surface area contributed by atoms with Crippen molar-refractivity contribution in [2.24, 2.45) is 0 Å². The molecule has 0 saturated carbocycles. The SMILES string of the molecule is Cc1ccc2c(c1)C(C)(C)C(=O)N2CC(=O)NC(C)C. The van der Waals surface area contributed by atoms with Crippen LogP contribution in [0.4, 0.5) is 5.69 Å². The van der Waals surface area contributed by atoms with Crippen molar-refractivity contribution in [1.29, 1.82) is 0 Å². The molecule has 1 aliphatic rings. The largest absolute Gasteiger partial charge is 0.352 e. The molecular formula is C16H22N2O2. The summed E-state index contributed by atoms with van der Waals surface area (Å²) in [6.45, 7) is 9.73. The predicted octanol–water partition coefficient (Wildman–Crippen LogP) is 2.14. The molecule has 0 spiro atoms. The molecule has 4 nitrogen and oxygen atoms in total. The first-order valence-corrected chi connectivity index (χ1v) is 6.96. The van der Waals surface area contributed by atoms with Crippen molar-refractivity contribution in [2.75, 3.05) is 11.4 Å². The third-order valence-electron chi connectivity index (χ3n) is 3.65. The van der Waals surface area contributed by atoms with Crippen LogP contribution >= 0.6 is 0 Å². The normalized spacial score (nSPS) is 16.5. The predicted molar refractivity (Wildman–Crippen MR) is 79.8 cm³/mol. The van der Waals surface area contributed by atoms with Gasteiger partial charge in [-0.05, 0) is 46.2 Å². The van der Waals surface area contributed by atoms with E-state index in [4.69, 9.17) is 0 Å². The second-order valence-corrected chi connectivity index (χ2v) is 6.26. The summed E-state index contributed by atoms with van der Waals surface area (Å²) in [4.78, 5) is 26.1. The Balaban J connectivity index is 2.33. The zero-order valence-electron chi connectivity index (χ0n) is 12.8. The summed E-state index contributed by atoms with van der Waals surface area (Å²) in [7, 11) is 0. The molecule has 1 aliphatic heterocycles. The number of amides is 2. The van der Waals surface area contributed by atoms with E-state index < -0.39 is 5.41 Å². The van der Waals surface area contributed by atoms with Crippen LogP contribution < -0.4 is 10.2 Å². The minimum atomic E-state index is -0.570. The van der Waals surface area contributed by atoms with Crippen LogP contribution in [0.2, 0.25) is 0 Å². The van der Waals surface area contributed by atoms with Crippen LogP contribution in [0.5, 0.6) is 0 Å². The van der Waals surface area contributed by atoms with Gasteiger partial charge in [-0.25, -0.2) is 0 Å². The molecule has 0 saturated heterocycles. The van der Waals surface area contributed by atoms with Gasteiger partial charge in [0.05, 0.1) is 5.41 Å². The van der Waals surface area contributed by atoms with Gasteiger partial charge in [0.2, 0.25) is 11.8 Å². The zero-order valence-corrected chi connectivity index (χ0v) is 12.8. The molecule has 108 valence electrons. The van der Waals surface area contributed by atoms with Crippen molar-refractivity contribution in [3.63, 3.8) is 0 Å². The minimum Gasteiger partial charge on any atom is -0.352 e. The highest BCUT2D eigenvalue weighted by atomic mass is 16.2. The van der Waals surface area contributed by atoms with Crippen molar-refractivity contribution in [3.8, 4) is 0 Å². The topological polar surface area (TPSA) is 49.4 Å². The number of fused-ring (bicyclic) bond motifs is 1. The third-order valence-corrected chi connectivity index (χ3v) is 3.65. The lowest BCUT2D eigenvalue weighted by Gasteiger charge is -2.20. The molecule has 4 heteroatoms. The number of carbonyl (C=O) groups excluding carboxylic acids is 2. The van der Waals surface area contributed by atoms with Gasteiger partial charge in [0, 0.05) is 11.7 Å². The summed E-state index contributed by atoms with van der Waals surface area (Å²) < 4.78 is 0. The van der Waals surface area contributed by atoms with Crippen molar-refractivity contribution in [3.05, 3.63) is 29.3 Å². The van der Waals surface area contributed by atoms with E-state index in [0.29, 0.717) is 0 Å². The Labute approximate surface area is 120 Å². The minimum absolute atomic E-state index is 0.0167.